The Labute approximate surface area is 148 Å². The Morgan fingerprint density at radius 3 is 2.77 bits per heavy atom. The SMILES string of the molecule is Cc1cc(C=NNC(=O)C2CCCO2)c(C)n1-c1ccc(F)c(F)c1F. The van der Waals surface area contributed by atoms with Crippen LogP contribution in [-0.2, 0) is 9.53 Å². The van der Waals surface area contributed by atoms with E-state index in [1.54, 1.807) is 19.9 Å². The van der Waals surface area contributed by atoms with Crippen LogP contribution in [0.4, 0.5) is 13.2 Å². The van der Waals surface area contributed by atoms with Crippen molar-refractivity contribution in [2.24, 2.45) is 5.10 Å². The van der Waals surface area contributed by atoms with Crippen LogP contribution in [0.5, 0.6) is 0 Å². The molecule has 8 heteroatoms. The molecule has 0 saturated carbocycles. The molecule has 1 amide bonds. The van der Waals surface area contributed by atoms with Crippen molar-refractivity contribution in [3.8, 4) is 5.69 Å². The number of hydrogen-bond acceptors (Lipinski definition) is 3. The van der Waals surface area contributed by atoms with Crippen LogP contribution in [0, 0.1) is 31.3 Å². The van der Waals surface area contributed by atoms with Gasteiger partial charge in [0.15, 0.2) is 17.5 Å². The number of nitrogens with one attached hydrogen (secondary N) is 1. The second-order valence-corrected chi connectivity index (χ2v) is 6.09. The molecular weight excluding hydrogens is 347 g/mol. The normalized spacial score (nSPS) is 17.2. The number of carbonyl (C=O) groups is 1. The van der Waals surface area contributed by atoms with E-state index in [0.29, 0.717) is 30.0 Å². The zero-order valence-corrected chi connectivity index (χ0v) is 14.4. The first-order valence-corrected chi connectivity index (χ1v) is 8.17. The fourth-order valence-electron chi connectivity index (χ4n) is 3.00. The summed E-state index contributed by atoms with van der Waals surface area (Å²) < 4.78 is 47.5. The Hall–Kier alpha value is -2.61. The van der Waals surface area contributed by atoms with E-state index in [1.165, 1.54) is 16.8 Å². The van der Waals surface area contributed by atoms with E-state index in [4.69, 9.17) is 4.74 Å². The lowest BCUT2D eigenvalue weighted by Crippen LogP contribution is -2.30. The highest BCUT2D eigenvalue weighted by atomic mass is 19.2. The van der Waals surface area contributed by atoms with Gasteiger partial charge in [0.25, 0.3) is 5.91 Å². The fraction of sp³-hybridized carbons (Fsp3) is 0.333. The van der Waals surface area contributed by atoms with Crippen LogP contribution in [0.15, 0.2) is 23.3 Å². The molecular formula is C18H18F3N3O2. The van der Waals surface area contributed by atoms with E-state index in [9.17, 15) is 18.0 Å². The molecule has 1 unspecified atom stereocenters. The predicted octanol–water partition coefficient (Wildman–Crippen LogP) is 3.14. The van der Waals surface area contributed by atoms with Crippen LogP contribution < -0.4 is 5.43 Å². The van der Waals surface area contributed by atoms with Crippen molar-refractivity contribution >= 4 is 12.1 Å². The summed E-state index contributed by atoms with van der Waals surface area (Å²) in [6.45, 7) is 3.95. The number of nitrogens with zero attached hydrogens (tertiary/aromatic N) is 2. The van der Waals surface area contributed by atoms with Crippen LogP contribution in [0.1, 0.15) is 29.8 Å². The number of carbonyl (C=O) groups excluding carboxylic acids is 1. The molecule has 138 valence electrons. The Morgan fingerprint density at radius 2 is 2.08 bits per heavy atom. The molecule has 2 aromatic rings. The van der Waals surface area contributed by atoms with Crippen LogP contribution in [0.25, 0.3) is 5.69 Å². The Kier molecular flexibility index (Phi) is 5.13. The van der Waals surface area contributed by atoms with Gasteiger partial charge in [0.2, 0.25) is 0 Å². The van der Waals surface area contributed by atoms with E-state index in [2.05, 4.69) is 10.5 Å². The first kappa shape index (κ1) is 18.2. The lowest BCUT2D eigenvalue weighted by Gasteiger charge is -2.11. The van der Waals surface area contributed by atoms with Gasteiger partial charge < -0.3 is 9.30 Å². The Bertz CT molecular complexity index is 871. The van der Waals surface area contributed by atoms with E-state index >= 15 is 0 Å². The number of amides is 1. The van der Waals surface area contributed by atoms with Gasteiger partial charge >= 0.3 is 0 Å². The number of benzene rings is 1. The number of aryl methyl sites for hydroxylation is 1. The zero-order chi connectivity index (χ0) is 18.8. The summed E-state index contributed by atoms with van der Waals surface area (Å²) >= 11 is 0. The van der Waals surface area contributed by atoms with Crippen molar-refractivity contribution in [1.29, 1.82) is 0 Å². The molecule has 0 radical (unpaired) electrons. The third kappa shape index (κ3) is 3.37. The topological polar surface area (TPSA) is 55.6 Å². The van der Waals surface area contributed by atoms with E-state index in [0.717, 1.165) is 12.5 Å². The largest absolute Gasteiger partial charge is 0.368 e. The number of hydrogen-bond donors (Lipinski definition) is 1. The number of aromatic nitrogens is 1. The van der Waals surface area contributed by atoms with Gasteiger partial charge in [-0.2, -0.15) is 5.10 Å². The van der Waals surface area contributed by atoms with Gasteiger partial charge in [-0.3, -0.25) is 4.79 Å². The van der Waals surface area contributed by atoms with Crippen molar-refractivity contribution in [1.82, 2.24) is 9.99 Å². The molecule has 1 fully saturated rings. The summed E-state index contributed by atoms with van der Waals surface area (Å²) in [6, 6.07) is 3.76. The molecule has 1 aromatic carbocycles. The van der Waals surface area contributed by atoms with E-state index in [-0.39, 0.29) is 11.6 Å². The highest BCUT2D eigenvalue weighted by Crippen LogP contribution is 2.24. The molecule has 0 spiro atoms. The lowest BCUT2D eigenvalue weighted by molar-refractivity contribution is -0.130. The van der Waals surface area contributed by atoms with Crippen LogP contribution in [-0.4, -0.2) is 29.4 Å². The van der Waals surface area contributed by atoms with Crippen molar-refractivity contribution in [2.75, 3.05) is 6.61 Å². The summed E-state index contributed by atoms with van der Waals surface area (Å²) in [5.41, 5.74) is 4.11. The smallest absolute Gasteiger partial charge is 0.269 e. The Morgan fingerprint density at radius 1 is 1.31 bits per heavy atom. The molecule has 3 rings (SSSR count). The molecule has 2 heterocycles. The monoisotopic (exact) mass is 365 g/mol. The van der Waals surface area contributed by atoms with Crippen molar-refractivity contribution in [3.05, 3.63) is 52.6 Å². The van der Waals surface area contributed by atoms with Crippen molar-refractivity contribution in [2.45, 2.75) is 32.8 Å². The first-order chi connectivity index (χ1) is 12.4. The van der Waals surface area contributed by atoms with E-state index < -0.39 is 23.6 Å². The number of ether oxygens (including phenoxy) is 1. The van der Waals surface area contributed by atoms with E-state index in [1.807, 2.05) is 0 Å². The van der Waals surface area contributed by atoms with Gasteiger partial charge in [-0.25, -0.2) is 18.6 Å². The maximum absolute atomic E-state index is 14.1. The van der Waals surface area contributed by atoms with Gasteiger partial charge in [-0.05, 0) is 44.9 Å². The maximum atomic E-state index is 14.1. The standard InChI is InChI=1S/C18H18F3N3O2/c1-10-8-12(9-22-23-18(25)15-4-3-7-26-15)11(2)24(10)14-6-5-13(19)16(20)17(14)21/h5-6,8-9,15H,3-4,7H2,1-2H3,(H,23,25). The van der Waals surface area contributed by atoms with Gasteiger partial charge in [0.1, 0.15) is 6.10 Å². The molecule has 1 N–H and O–H groups in total. The summed E-state index contributed by atoms with van der Waals surface area (Å²) in [5, 5.41) is 3.90. The molecule has 1 saturated heterocycles. The van der Waals surface area contributed by atoms with Crippen LogP contribution in [0.3, 0.4) is 0 Å². The minimum Gasteiger partial charge on any atom is -0.368 e. The lowest BCUT2D eigenvalue weighted by atomic mass is 10.2. The third-order valence-electron chi connectivity index (χ3n) is 4.33. The zero-order valence-electron chi connectivity index (χ0n) is 14.4. The molecule has 26 heavy (non-hydrogen) atoms. The molecule has 1 aliphatic heterocycles. The number of halogens is 3. The average Bonchev–Trinajstić information content (AvgIpc) is 3.23. The predicted molar refractivity (Wildman–Crippen MR) is 89.8 cm³/mol. The summed E-state index contributed by atoms with van der Waals surface area (Å²) in [5.74, 6) is -4.34. The number of hydrazone groups is 1. The minimum atomic E-state index is -1.52. The molecule has 1 aromatic heterocycles. The van der Waals surface area contributed by atoms with Crippen LogP contribution in [0.2, 0.25) is 0 Å². The highest BCUT2D eigenvalue weighted by Gasteiger charge is 2.23. The second-order valence-electron chi connectivity index (χ2n) is 6.09. The summed E-state index contributed by atoms with van der Waals surface area (Å²) in [4.78, 5) is 11.8. The van der Waals surface area contributed by atoms with Gasteiger partial charge in [-0.15, -0.1) is 0 Å². The molecule has 1 aliphatic rings. The van der Waals surface area contributed by atoms with Gasteiger partial charge in [-0.1, -0.05) is 0 Å². The molecule has 0 aliphatic carbocycles. The van der Waals surface area contributed by atoms with Gasteiger partial charge in [0.05, 0.1) is 11.9 Å². The molecule has 5 nitrogen and oxygen atoms in total. The second kappa shape index (κ2) is 7.33. The first-order valence-electron chi connectivity index (χ1n) is 8.17. The number of rotatable bonds is 4. The summed E-state index contributed by atoms with van der Waals surface area (Å²) in [7, 11) is 0. The Balaban J connectivity index is 1.83. The quantitative estimate of drug-likeness (QED) is 0.514. The van der Waals surface area contributed by atoms with Crippen molar-refractivity contribution < 1.29 is 22.7 Å². The molecule has 0 bridgehead atoms. The fourth-order valence-corrected chi connectivity index (χ4v) is 3.00. The van der Waals surface area contributed by atoms with Crippen LogP contribution >= 0.6 is 0 Å². The maximum Gasteiger partial charge on any atom is 0.269 e. The summed E-state index contributed by atoms with van der Waals surface area (Å²) in [6.07, 6.45) is 2.42. The average molecular weight is 365 g/mol. The van der Waals surface area contributed by atoms with Crippen molar-refractivity contribution in [3.63, 3.8) is 0 Å². The van der Waals surface area contributed by atoms with Gasteiger partial charge in [0, 0.05) is 23.6 Å². The minimum absolute atomic E-state index is 0.0954. The highest BCUT2D eigenvalue weighted by molar-refractivity contribution is 5.85. The third-order valence-corrected chi connectivity index (χ3v) is 4.33. The molecule has 1 atom stereocenters.